The van der Waals surface area contributed by atoms with E-state index in [1.807, 2.05) is 0 Å². The van der Waals surface area contributed by atoms with Crippen molar-refractivity contribution in [2.75, 3.05) is 0 Å². The van der Waals surface area contributed by atoms with Crippen LogP contribution in [0.3, 0.4) is 0 Å². The Morgan fingerprint density at radius 3 is 2.25 bits per heavy atom. The SMILES string of the molecule is CCCCCC(C)C=CCC(CC)CCC. The highest BCUT2D eigenvalue weighted by molar-refractivity contribution is 4.87. The fraction of sp³-hybridized carbons (Fsp3) is 0.875. The lowest BCUT2D eigenvalue weighted by Gasteiger charge is -2.11. The van der Waals surface area contributed by atoms with Crippen molar-refractivity contribution in [2.45, 2.75) is 79.1 Å². The molecule has 0 heteroatoms. The van der Waals surface area contributed by atoms with Gasteiger partial charge >= 0.3 is 0 Å². The highest BCUT2D eigenvalue weighted by Crippen LogP contribution is 2.17. The third kappa shape index (κ3) is 9.00. The van der Waals surface area contributed by atoms with E-state index in [1.165, 1.54) is 51.4 Å². The number of unbranched alkanes of at least 4 members (excludes halogenated alkanes) is 2. The maximum Gasteiger partial charge on any atom is -0.0262 e. The Kier molecular flexibility index (Phi) is 11.0. The quantitative estimate of drug-likeness (QED) is 0.316. The van der Waals surface area contributed by atoms with Gasteiger partial charge in [-0.25, -0.2) is 0 Å². The molecule has 2 atom stereocenters. The summed E-state index contributed by atoms with van der Waals surface area (Å²) in [5.41, 5.74) is 0. The molecule has 0 saturated carbocycles. The first-order valence-electron chi connectivity index (χ1n) is 7.41. The summed E-state index contributed by atoms with van der Waals surface area (Å²) in [5, 5.41) is 0. The van der Waals surface area contributed by atoms with Crippen LogP contribution in [0.25, 0.3) is 0 Å². The first kappa shape index (κ1) is 15.7. The molecule has 0 nitrogen and oxygen atoms in total. The summed E-state index contributed by atoms with van der Waals surface area (Å²) in [6.45, 7) is 9.24. The van der Waals surface area contributed by atoms with E-state index >= 15 is 0 Å². The molecule has 0 radical (unpaired) electrons. The van der Waals surface area contributed by atoms with Crippen molar-refractivity contribution < 1.29 is 0 Å². The van der Waals surface area contributed by atoms with Gasteiger partial charge in [0.15, 0.2) is 0 Å². The van der Waals surface area contributed by atoms with Gasteiger partial charge in [0.2, 0.25) is 0 Å². The molecule has 0 bridgehead atoms. The summed E-state index contributed by atoms with van der Waals surface area (Å²) >= 11 is 0. The van der Waals surface area contributed by atoms with Gasteiger partial charge in [0.25, 0.3) is 0 Å². The second-order valence-electron chi connectivity index (χ2n) is 5.20. The van der Waals surface area contributed by atoms with Crippen molar-refractivity contribution in [3.8, 4) is 0 Å². The number of rotatable bonds is 10. The lowest BCUT2D eigenvalue weighted by Crippen LogP contribution is -1.96. The summed E-state index contributed by atoms with van der Waals surface area (Å²) in [5.74, 6) is 1.70. The van der Waals surface area contributed by atoms with E-state index in [9.17, 15) is 0 Å². The first-order chi connectivity index (χ1) is 7.74. The number of allylic oxidation sites excluding steroid dienone is 2. The van der Waals surface area contributed by atoms with E-state index < -0.39 is 0 Å². The Labute approximate surface area is 104 Å². The molecule has 16 heavy (non-hydrogen) atoms. The Hall–Kier alpha value is -0.260. The highest BCUT2D eigenvalue weighted by Gasteiger charge is 2.02. The van der Waals surface area contributed by atoms with Gasteiger partial charge in [-0.05, 0) is 24.7 Å². The van der Waals surface area contributed by atoms with Crippen LogP contribution in [-0.4, -0.2) is 0 Å². The molecule has 0 aliphatic rings. The van der Waals surface area contributed by atoms with Crippen molar-refractivity contribution in [1.29, 1.82) is 0 Å². The predicted octanol–water partition coefficient (Wildman–Crippen LogP) is 5.98. The van der Waals surface area contributed by atoms with E-state index in [-0.39, 0.29) is 0 Å². The molecule has 0 N–H and O–H groups in total. The smallest absolute Gasteiger partial charge is 0.0262 e. The maximum atomic E-state index is 2.44. The van der Waals surface area contributed by atoms with Crippen LogP contribution in [0, 0.1) is 11.8 Å². The van der Waals surface area contributed by atoms with Crippen molar-refractivity contribution in [3.05, 3.63) is 12.2 Å². The lowest BCUT2D eigenvalue weighted by atomic mass is 9.95. The molecular weight excluding hydrogens is 192 g/mol. The van der Waals surface area contributed by atoms with Gasteiger partial charge in [-0.2, -0.15) is 0 Å². The van der Waals surface area contributed by atoms with E-state index in [0.717, 1.165) is 11.8 Å². The standard InChI is InChI=1S/C16H32/c1-5-8-9-12-15(4)13-10-14-16(7-3)11-6-2/h10,13,15-16H,5-9,11-12,14H2,1-4H3. The molecule has 0 saturated heterocycles. The molecule has 0 spiro atoms. The molecule has 0 fully saturated rings. The third-order valence-electron chi connectivity index (χ3n) is 3.47. The average Bonchev–Trinajstić information content (AvgIpc) is 2.28. The number of hydrogen-bond acceptors (Lipinski definition) is 0. The zero-order chi connectivity index (χ0) is 12.2. The average molecular weight is 224 g/mol. The summed E-state index contributed by atoms with van der Waals surface area (Å²) in [6.07, 6.45) is 15.7. The Morgan fingerprint density at radius 2 is 1.69 bits per heavy atom. The summed E-state index contributed by atoms with van der Waals surface area (Å²) < 4.78 is 0. The molecule has 0 aliphatic carbocycles. The van der Waals surface area contributed by atoms with Crippen molar-refractivity contribution in [1.82, 2.24) is 0 Å². The van der Waals surface area contributed by atoms with Gasteiger partial charge in [0.1, 0.15) is 0 Å². The lowest BCUT2D eigenvalue weighted by molar-refractivity contribution is 0.468. The van der Waals surface area contributed by atoms with E-state index in [4.69, 9.17) is 0 Å². The molecule has 0 aromatic rings. The molecular formula is C16H32. The minimum Gasteiger partial charge on any atom is -0.0880 e. The second kappa shape index (κ2) is 11.2. The van der Waals surface area contributed by atoms with Gasteiger partial charge < -0.3 is 0 Å². The molecule has 0 amide bonds. The van der Waals surface area contributed by atoms with Crippen molar-refractivity contribution >= 4 is 0 Å². The van der Waals surface area contributed by atoms with E-state index in [1.54, 1.807) is 0 Å². The van der Waals surface area contributed by atoms with Crippen LogP contribution in [0.1, 0.15) is 79.1 Å². The second-order valence-corrected chi connectivity index (χ2v) is 5.20. The zero-order valence-corrected chi connectivity index (χ0v) is 12.0. The minimum absolute atomic E-state index is 0.783. The molecule has 0 aromatic heterocycles. The normalized spacial score (nSPS) is 15.5. The van der Waals surface area contributed by atoms with Gasteiger partial charge in [0.05, 0.1) is 0 Å². The predicted molar refractivity (Wildman–Crippen MR) is 75.8 cm³/mol. The maximum absolute atomic E-state index is 2.44. The fourth-order valence-corrected chi connectivity index (χ4v) is 2.21. The van der Waals surface area contributed by atoms with Crippen LogP contribution < -0.4 is 0 Å². The first-order valence-corrected chi connectivity index (χ1v) is 7.41. The van der Waals surface area contributed by atoms with Crippen LogP contribution in [-0.2, 0) is 0 Å². The molecule has 96 valence electrons. The minimum atomic E-state index is 0.783. The Morgan fingerprint density at radius 1 is 0.938 bits per heavy atom. The fourth-order valence-electron chi connectivity index (χ4n) is 2.21. The Bertz CT molecular complexity index is 157. The van der Waals surface area contributed by atoms with Crippen molar-refractivity contribution in [2.24, 2.45) is 11.8 Å². The van der Waals surface area contributed by atoms with Crippen LogP contribution in [0.15, 0.2) is 12.2 Å². The third-order valence-corrected chi connectivity index (χ3v) is 3.47. The summed E-state index contributed by atoms with van der Waals surface area (Å²) in [7, 11) is 0. The van der Waals surface area contributed by atoms with Gasteiger partial charge in [0, 0.05) is 0 Å². The molecule has 0 aromatic carbocycles. The highest BCUT2D eigenvalue weighted by atomic mass is 14.1. The molecule has 2 unspecified atom stereocenters. The Balaban J connectivity index is 3.63. The van der Waals surface area contributed by atoms with Crippen LogP contribution in [0.2, 0.25) is 0 Å². The molecule has 0 aliphatic heterocycles. The summed E-state index contributed by atoms with van der Waals surface area (Å²) in [4.78, 5) is 0. The van der Waals surface area contributed by atoms with Gasteiger partial charge in [-0.15, -0.1) is 0 Å². The topological polar surface area (TPSA) is 0 Å². The van der Waals surface area contributed by atoms with E-state index in [0.29, 0.717) is 0 Å². The largest absolute Gasteiger partial charge is 0.0880 e. The van der Waals surface area contributed by atoms with Gasteiger partial charge in [-0.1, -0.05) is 78.4 Å². The molecule has 0 rings (SSSR count). The van der Waals surface area contributed by atoms with Crippen LogP contribution >= 0.6 is 0 Å². The van der Waals surface area contributed by atoms with Crippen LogP contribution in [0.5, 0.6) is 0 Å². The summed E-state index contributed by atoms with van der Waals surface area (Å²) in [6, 6.07) is 0. The van der Waals surface area contributed by atoms with E-state index in [2.05, 4.69) is 39.8 Å². The van der Waals surface area contributed by atoms with Crippen molar-refractivity contribution in [3.63, 3.8) is 0 Å². The monoisotopic (exact) mass is 224 g/mol. The zero-order valence-electron chi connectivity index (χ0n) is 12.0. The number of hydrogen-bond donors (Lipinski definition) is 0. The van der Waals surface area contributed by atoms with Crippen LogP contribution in [0.4, 0.5) is 0 Å². The molecule has 0 heterocycles. The van der Waals surface area contributed by atoms with Gasteiger partial charge in [-0.3, -0.25) is 0 Å².